The molecule has 3 aromatic rings. The van der Waals surface area contributed by atoms with Gasteiger partial charge in [0.25, 0.3) is 0 Å². The summed E-state index contributed by atoms with van der Waals surface area (Å²) in [5.74, 6) is 1.61. The van der Waals surface area contributed by atoms with Crippen LogP contribution in [-0.4, -0.2) is 53.7 Å². The fourth-order valence-corrected chi connectivity index (χ4v) is 3.66. The van der Waals surface area contributed by atoms with Crippen LogP contribution in [0.4, 0.5) is 17.2 Å². The van der Waals surface area contributed by atoms with Gasteiger partial charge in [0.15, 0.2) is 11.5 Å². The highest BCUT2D eigenvalue weighted by Gasteiger charge is 2.17. The number of anilines is 3. The number of ether oxygens (including phenoxy) is 2. The number of hydrogen-bond acceptors (Lipinski definition) is 8. The maximum atomic E-state index is 12.2. The molecule has 0 aliphatic heterocycles. The Kier molecular flexibility index (Phi) is 9.12. The quantitative estimate of drug-likeness (QED) is 0.520. The van der Waals surface area contributed by atoms with Gasteiger partial charge in [-0.25, -0.2) is 23.1 Å². The van der Waals surface area contributed by atoms with Crippen molar-refractivity contribution < 1.29 is 17.9 Å². The molecule has 2 N–H and O–H groups in total. The Morgan fingerprint density at radius 1 is 0.968 bits per heavy atom. The van der Waals surface area contributed by atoms with Crippen LogP contribution in [0.1, 0.15) is 0 Å². The molecule has 0 unspecified atom stereocenters. The number of nitrogens with zero attached hydrogens (tertiary/aromatic N) is 3. The summed E-state index contributed by atoms with van der Waals surface area (Å²) in [6.07, 6.45) is 1.43. The van der Waals surface area contributed by atoms with E-state index in [2.05, 4.69) is 20.0 Å². The molecule has 0 aliphatic carbocycles. The zero-order valence-electron chi connectivity index (χ0n) is 17.7. The second-order valence-corrected chi connectivity index (χ2v) is 8.24. The number of benzene rings is 2. The fraction of sp³-hybridized carbons (Fsp3) is 0.263. The summed E-state index contributed by atoms with van der Waals surface area (Å²) in [4.78, 5) is 10.7. The van der Waals surface area contributed by atoms with E-state index in [-0.39, 0.29) is 29.7 Å². The molecule has 0 aliphatic rings. The van der Waals surface area contributed by atoms with Crippen molar-refractivity contribution in [2.24, 2.45) is 0 Å². The Morgan fingerprint density at radius 3 is 2.19 bits per heavy atom. The molecule has 9 nitrogen and oxygen atoms in total. The summed E-state index contributed by atoms with van der Waals surface area (Å²) in [6, 6.07) is 8.39. The monoisotopic (exact) mass is 489 g/mol. The Morgan fingerprint density at radius 2 is 1.61 bits per heavy atom. The maximum absolute atomic E-state index is 12.2. The minimum absolute atomic E-state index is 0. The number of nitrogens with one attached hydrogen (secondary N) is 2. The number of aromatic nitrogens is 2. The summed E-state index contributed by atoms with van der Waals surface area (Å²) in [5.41, 5.74) is 2.04. The molecule has 31 heavy (non-hydrogen) atoms. The van der Waals surface area contributed by atoms with E-state index in [9.17, 15) is 8.42 Å². The van der Waals surface area contributed by atoms with Crippen LogP contribution in [0.25, 0.3) is 10.9 Å². The molecule has 2 aromatic carbocycles. The molecule has 0 radical (unpaired) electrons. The van der Waals surface area contributed by atoms with Crippen LogP contribution < -0.4 is 24.4 Å². The lowest BCUT2D eigenvalue weighted by Gasteiger charge is -2.20. The third-order valence-corrected chi connectivity index (χ3v) is 5.83. The third kappa shape index (κ3) is 5.40. The van der Waals surface area contributed by atoms with Gasteiger partial charge < -0.3 is 19.7 Å². The van der Waals surface area contributed by atoms with Crippen molar-refractivity contribution in [2.75, 3.05) is 45.6 Å². The van der Waals surface area contributed by atoms with Gasteiger partial charge in [0.05, 0.1) is 36.0 Å². The highest BCUT2D eigenvalue weighted by atomic mass is 35.5. The Hall–Kier alpha value is -2.53. The third-order valence-electron chi connectivity index (χ3n) is 4.42. The van der Waals surface area contributed by atoms with Crippen LogP contribution in [0.3, 0.4) is 0 Å². The lowest BCUT2D eigenvalue weighted by atomic mass is 10.2. The van der Waals surface area contributed by atoms with Gasteiger partial charge in [0.1, 0.15) is 12.1 Å². The van der Waals surface area contributed by atoms with Crippen molar-refractivity contribution in [2.45, 2.75) is 4.90 Å². The van der Waals surface area contributed by atoms with E-state index in [1.807, 2.05) is 19.0 Å². The summed E-state index contributed by atoms with van der Waals surface area (Å²) >= 11 is 0. The highest BCUT2D eigenvalue weighted by Crippen LogP contribution is 2.36. The van der Waals surface area contributed by atoms with Crippen LogP contribution in [-0.2, 0) is 10.0 Å². The van der Waals surface area contributed by atoms with Gasteiger partial charge in [0.2, 0.25) is 10.0 Å². The van der Waals surface area contributed by atoms with E-state index in [1.54, 1.807) is 44.6 Å². The Balaban J connectivity index is 0.00000240. The normalized spacial score (nSPS) is 10.6. The van der Waals surface area contributed by atoms with Crippen LogP contribution >= 0.6 is 24.8 Å². The van der Waals surface area contributed by atoms with E-state index >= 15 is 0 Å². The molecule has 0 saturated heterocycles. The van der Waals surface area contributed by atoms with Gasteiger partial charge >= 0.3 is 0 Å². The molecule has 0 spiro atoms. The number of methoxy groups -OCH3 is 2. The largest absolute Gasteiger partial charge is 0.493 e. The molecule has 1 heterocycles. The highest BCUT2D eigenvalue weighted by molar-refractivity contribution is 7.89. The Labute approximate surface area is 194 Å². The van der Waals surface area contributed by atoms with Crippen molar-refractivity contribution in [3.05, 3.63) is 36.7 Å². The first-order chi connectivity index (χ1) is 13.8. The predicted octanol–water partition coefficient (Wildman–Crippen LogP) is 3.21. The number of halogens is 2. The summed E-state index contributed by atoms with van der Waals surface area (Å²) in [5, 5.41) is 3.95. The topological polar surface area (TPSA) is 106 Å². The van der Waals surface area contributed by atoms with E-state index in [0.717, 1.165) is 5.69 Å². The lowest BCUT2D eigenvalue weighted by molar-refractivity contribution is 0.356. The number of hydrogen-bond donors (Lipinski definition) is 2. The number of rotatable bonds is 7. The molecule has 0 bridgehead atoms. The van der Waals surface area contributed by atoms with Gasteiger partial charge in [-0.05, 0) is 31.3 Å². The molecule has 12 heteroatoms. The minimum atomic E-state index is -3.60. The van der Waals surface area contributed by atoms with Gasteiger partial charge in [-0.3, -0.25) is 0 Å². The molecule has 3 rings (SSSR count). The zero-order chi connectivity index (χ0) is 21.2. The number of fused-ring (bicyclic) bond motifs is 1. The first-order valence-electron chi connectivity index (χ1n) is 8.69. The first-order valence-corrected chi connectivity index (χ1v) is 10.2. The van der Waals surface area contributed by atoms with Crippen molar-refractivity contribution in [1.29, 1.82) is 0 Å². The second-order valence-electron chi connectivity index (χ2n) is 6.35. The van der Waals surface area contributed by atoms with E-state index in [0.29, 0.717) is 33.9 Å². The fourth-order valence-electron chi connectivity index (χ4n) is 2.90. The molecule has 170 valence electrons. The van der Waals surface area contributed by atoms with E-state index in [1.165, 1.54) is 13.4 Å². The van der Waals surface area contributed by atoms with Gasteiger partial charge in [-0.1, -0.05) is 0 Å². The zero-order valence-corrected chi connectivity index (χ0v) is 20.1. The van der Waals surface area contributed by atoms with Gasteiger partial charge in [-0.15, -0.1) is 24.8 Å². The smallest absolute Gasteiger partial charge is 0.240 e. The average Bonchev–Trinajstić information content (AvgIpc) is 2.72. The number of sulfonamides is 1. The molecule has 0 saturated carbocycles. The predicted molar refractivity (Wildman–Crippen MR) is 127 cm³/mol. The summed E-state index contributed by atoms with van der Waals surface area (Å²) in [7, 11) is 4.64. The maximum Gasteiger partial charge on any atom is 0.240 e. The van der Waals surface area contributed by atoms with E-state index in [4.69, 9.17) is 9.47 Å². The van der Waals surface area contributed by atoms with Crippen molar-refractivity contribution in [3.63, 3.8) is 0 Å². The van der Waals surface area contributed by atoms with Gasteiger partial charge in [0, 0.05) is 25.5 Å². The van der Waals surface area contributed by atoms with Crippen LogP contribution in [0.5, 0.6) is 11.5 Å². The van der Waals surface area contributed by atoms with E-state index < -0.39 is 10.0 Å². The average molecular weight is 490 g/mol. The van der Waals surface area contributed by atoms with Gasteiger partial charge in [-0.2, -0.15) is 0 Å². The second kappa shape index (κ2) is 10.7. The van der Waals surface area contributed by atoms with Crippen molar-refractivity contribution in [3.8, 4) is 11.5 Å². The first kappa shape index (κ1) is 26.5. The summed E-state index contributed by atoms with van der Waals surface area (Å²) < 4.78 is 37.5. The summed E-state index contributed by atoms with van der Waals surface area (Å²) in [6.45, 7) is 0. The van der Waals surface area contributed by atoms with Crippen LogP contribution in [0.15, 0.2) is 41.6 Å². The van der Waals surface area contributed by atoms with Crippen molar-refractivity contribution >= 4 is 62.9 Å². The molecule has 1 aromatic heterocycles. The lowest BCUT2D eigenvalue weighted by Crippen LogP contribution is -2.19. The molecule has 0 fully saturated rings. The molecular formula is C19H25Cl2N5O4S. The molecular weight excluding hydrogens is 465 g/mol. The van der Waals surface area contributed by atoms with Crippen LogP contribution in [0.2, 0.25) is 0 Å². The van der Waals surface area contributed by atoms with Crippen LogP contribution in [0, 0.1) is 0 Å². The minimum Gasteiger partial charge on any atom is -0.493 e. The Bertz CT molecular complexity index is 1160. The SMILES string of the molecule is CNS(=O)(=O)c1ccc(N(C)C)c(Nc2ncnc3cc(OC)c(OC)cc23)c1.Cl.Cl. The standard InChI is InChI=1S/C19H23N5O4S.2ClH/c1-20-29(25,26)12-6-7-16(24(2)3)15(8-12)23-19-13-9-17(27-4)18(28-5)10-14(13)21-11-22-19;;/h6-11,20H,1-5H3,(H,21,22,23);2*1H. The van der Waals surface area contributed by atoms with Crippen molar-refractivity contribution in [1.82, 2.24) is 14.7 Å². The molecule has 0 amide bonds. The molecule has 0 atom stereocenters.